The van der Waals surface area contributed by atoms with Gasteiger partial charge in [-0.15, -0.1) is 0 Å². The van der Waals surface area contributed by atoms with Crippen molar-refractivity contribution in [2.75, 3.05) is 0 Å². The molecule has 0 spiro atoms. The summed E-state index contributed by atoms with van der Waals surface area (Å²) in [6, 6.07) is 8.50. The van der Waals surface area contributed by atoms with Crippen LogP contribution in [0.3, 0.4) is 0 Å². The number of allylic oxidation sites excluding steroid dienone is 1. The van der Waals surface area contributed by atoms with Gasteiger partial charge in [-0.25, -0.2) is 0 Å². The van der Waals surface area contributed by atoms with Gasteiger partial charge in [-0.1, -0.05) is 0 Å². The van der Waals surface area contributed by atoms with Gasteiger partial charge in [0, 0.05) is 0 Å². The predicted molar refractivity (Wildman–Crippen MR) is 51.4 cm³/mol. The molecular weight excluding hydrogens is 199 g/mol. The summed E-state index contributed by atoms with van der Waals surface area (Å²) in [7, 11) is 0. The van der Waals surface area contributed by atoms with Gasteiger partial charge in [-0.2, -0.15) is 0 Å². The van der Waals surface area contributed by atoms with Crippen LogP contribution in [0.15, 0.2) is 35.3 Å². The summed E-state index contributed by atoms with van der Waals surface area (Å²) in [6.45, 7) is 8.16. The summed E-state index contributed by atoms with van der Waals surface area (Å²) < 4.78 is 2.74. The van der Waals surface area contributed by atoms with E-state index in [1.165, 1.54) is 14.5 Å². The van der Waals surface area contributed by atoms with Gasteiger partial charge < -0.3 is 0 Å². The molecule has 0 unspecified atom stereocenters. The van der Waals surface area contributed by atoms with Gasteiger partial charge >= 0.3 is 74.1 Å². The van der Waals surface area contributed by atoms with Gasteiger partial charge in [-0.05, 0) is 0 Å². The van der Waals surface area contributed by atoms with E-state index in [4.69, 9.17) is 0 Å². The van der Waals surface area contributed by atoms with E-state index in [0.717, 1.165) is 0 Å². The first-order chi connectivity index (χ1) is 5.20. The van der Waals surface area contributed by atoms with Gasteiger partial charge in [0.25, 0.3) is 0 Å². The first-order valence-electron chi connectivity index (χ1n) is 3.59. The summed E-state index contributed by atoms with van der Waals surface area (Å²) in [4.78, 5) is 0. The third-order valence-corrected chi connectivity index (χ3v) is 3.53. The average molecular weight is 211 g/mol. The molecule has 1 heteroatoms. The van der Waals surface area contributed by atoms with E-state index < -0.39 is 0 Å². The Labute approximate surface area is 74.5 Å². The molecule has 0 aromatic heterocycles. The third kappa shape index (κ3) is 2.53. The Morgan fingerprint density at radius 3 is 2.55 bits per heavy atom. The van der Waals surface area contributed by atoms with Gasteiger partial charge in [0.1, 0.15) is 0 Å². The maximum atomic E-state index is 3.92. The molecule has 1 aromatic carbocycles. The minimum atomic E-state index is 0.464. The molecule has 0 nitrogen and oxygen atoms in total. The van der Waals surface area contributed by atoms with E-state index in [1.54, 1.807) is 0 Å². The van der Waals surface area contributed by atoms with Crippen molar-refractivity contribution in [3.8, 4) is 0 Å². The Hall–Kier alpha value is -0.521. The van der Waals surface area contributed by atoms with Crippen molar-refractivity contribution in [1.29, 1.82) is 0 Å². The Bertz CT molecular complexity index is 263. The number of hydrogen-bond donors (Lipinski definition) is 0. The molecule has 0 aliphatic heterocycles. The van der Waals surface area contributed by atoms with Crippen LogP contribution in [0.25, 0.3) is 0 Å². The van der Waals surface area contributed by atoms with Gasteiger partial charge in [0.15, 0.2) is 0 Å². The van der Waals surface area contributed by atoms with Crippen LogP contribution < -0.4 is 4.46 Å². The van der Waals surface area contributed by atoms with Crippen molar-refractivity contribution in [2.24, 2.45) is 0 Å². The normalized spacial score (nSPS) is 9.64. The molecule has 0 saturated carbocycles. The van der Waals surface area contributed by atoms with Crippen LogP contribution in [0.1, 0.15) is 12.5 Å². The maximum absolute atomic E-state index is 3.92. The van der Waals surface area contributed by atoms with Gasteiger partial charge in [-0.3, -0.25) is 0 Å². The molecule has 0 N–H and O–H groups in total. The fraction of sp³-hybridized carbons (Fsp3) is 0.200. The summed E-state index contributed by atoms with van der Waals surface area (Å²) in [5.41, 5.74) is 1.38. The summed E-state index contributed by atoms with van der Waals surface area (Å²) in [6.07, 6.45) is 0. The summed E-state index contributed by atoms with van der Waals surface area (Å²) >= 11 is 0.464. The van der Waals surface area contributed by atoms with E-state index in [-0.39, 0.29) is 0 Å². The Morgan fingerprint density at radius 2 is 2.00 bits per heavy atom. The van der Waals surface area contributed by atoms with E-state index in [9.17, 15) is 0 Å². The monoisotopic (exact) mass is 212 g/mol. The Balaban J connectivity index is 2.86. The molecule has 0 bridgehead atoms. The first kappa shape index (κ1) is 8.57. The van der Waals surface area contributed by atoms with E-state index in [1.807, 2.05) is 0 Å². The topological polar surface area (TPSA) is 0 Å². The number of benzene rings is 1. The van der Waals surface area contributed by atoms with Crippen LogP contribution in [0, 0.1) is 6.92 Å². The molecule has 0 saturated heterocycles. The fourth-order valence-corrected chi connectivity index (χ4v) is 2.43. The molecular formula is C10H12Se. The second-order valence-electron chi connectivity index (χ2n) is 2.57. The van der Waals surface area contributed by atoms with Crippen molar-refractivity contribution in [3.63, 3.8) is 0 Å². The molecule has 1 rings (SSSR count). The molecule has 0 atom stereocenters. The predicted octanol–water partition coefficient (Wildman–Crippen LogP) is 1.86. The molecule has 11 heavy (non-hydrogen) atoms. The van der Waals surface area contributed by atoms with E-state index in [2.05, 4.69) is 44.7 Å². The molecule has 0 heterocycles. The molecule has 0 aliphatic rings. The molecule has 0 aliphatic carbocycles. The minimum absolute atomic E-state index is 0.464. The second kappa shape index (κ2) is 3.75. The van der Waals surface area contributed by atoms with Crippen molar-refractivity contribution in [1.82, 2.24) is 0 Å². The fourth-order valence-electron chi connectivity index (χ4n) is 0.859. The molecule has 0 amide bonds. The molecule has 0 radical (unpaired) electrons. The number of rotatable bonds is 2. The van der Waals surface area contributed by atoms with Crippen molar-refractivity contribution < 1.29 is 0 Å². The van der Waals surface area contributed by atoms with Crippen LogP contribution in [-0.2, 0) is 0 Å². The van der Waals surface area contributed by atoms with Crippen molar-refractivity contribution >= 4 is 19.4 Å². The van der Waals surface area contributed by atoms with Crippen molar-refractivity contribution in [2.45, 2.75) is 13.8 Å². The zero-order valence-electron chi connectivity index (χ0n) is 6.92. The molecule has 0 fully saturated rings. The van der Waals surface area contributed by atoms with Crippen LogP contribution >= 0.6 is 0 Å². The van der Waals surface area contributed by atoms with Gasteiger partial charge in [0.05, 0.1) is 0 Å². The number of aryl methyl sites for hydroxylation is 1. The standard InChI is InChI=1S/C10H12Se/c1-8(2)11-10-7-5-4-6-9(10)3/h4-7H,1H2,2-3H3. The van der Waals surface area contributed by atoms with Crippen LogP contribution in [-0.4, -0.2) is 15.0 Å². The average Bonchev–Trinajstić information content (AvgIpc) is 1.93. The molecule has 58 valence electrons. The molecule has 1 aromatic rings. The van der Waals surface area contributed by atoms with Crippen molar-refractivity contribution in [3.05, 3.63) is 40.9 Å². The zero-order chi connectivity index (χ0) is 8.27. The SMILES string of the molecule is C=C(C)[Se]c1ccccc1C. The Morgan fingerprint density at radius 1 is 1.36 bits per heavy atom. The Kier molecular flexibility index (Phi) is 2.92. The van der Waals surface area contributed by atoms with E-state index in [0.29, 0.717) is 15.0 Å². The van der Waals surface area contributed by atoms with E-state index >= 15 is 0 Å². The number of hydrogen-bond acceptors (Lipinski definition) is 0. The van der Waals surface area contributed by atoms with Crippen LogP contribution in [0.2, 0.25) is 0 Å². The third-order valence-electron chi connectivity index (χ3n) is 1.38. The quantitative estimate of drug-likeness (QED) is 0.655. The second-order valence-corrected chi connectivity index (χ2v) is 5.38. The summed E-state index contributed by atoms with van der Waals surface area (Å²) in [5.74, 6) is 0. The van der Waals surface area contributed by atoms with Gasteiger partial charge in [0.2, 0.25) is 0 Å². The van der Waals surface area contributed by atoms with Crippen LogP contribution in [0.4, 0.5) is 0 Å². The summed E-state index contributed by atoms with van der Waals surface area (Å²) in [5, 5.41) is 0. The van der Waals surface area contributed by atoms with Crippen LogP contribution in [0.5, 0.6) is 0 Å². The zero-order valence-corrected chi connectivity index (χ0v) is 8.64. The first-order valence-corrected chi connectivity index (χ1v) is 5.30.